The Bertz CT molecular complexity index is 802. The van der Waals surface area contributed by atoms with Crippen LogP contribution < -0.4 is 0 Å². The monoisotopic (exact) mass is 412 g/mol. The number of hydrogen-bond donors (Lipinski definition) is 0. The van der Waals surface area contributed by atoms with E-state index < -0.39 is 9.84 Å². The zero-order valence-electron chi connectivity index (χ0n) is 15.4. The molecular formula is C19H25ClN2O4S. The van der Waals surface area contributed by atoms with Gasteiger partial charge in [0.05, 0.1) is 11.5 Å². The Kier molecular flexibility index (Phi) is 6.11. The Hall–Kier alpha value is -1.60. The summed E-state index contributed by atoms with van der Waals surface area (Å²) in [6.45, 7) is 3.46. The highest BCUT2D eigenvalue weighted by Gasteiger charge is 2.37. The predicted octanol–water partition coefficient (Wildman–Crippen LogP) is 2.23. The molecule has 2 amide bonds. The molecule has 0 aromatic heterocycles. The number of amides is 2. The van der Waals surface area contributed by atoms with Crippen LogP contribution in [0.3, 0.4) is 0 Å². The zero-order valence-corrected chi connectivity index (χ0v) is 17.0. The molecule has 0 bridgehead atoms. The van der Waals surface area contributed by atoms with Crippen LogP contribution in [0.25, 0.3) is 0 Å². The minimum atomic E-state index is -3.02. The molecule has 2 heterocycles. The third-order valence-corrected chi connectivity index (χ3v) is 7.50. The first-order chi connectivity index (χ1) is 12.8. The van der Waals surface area contributed by atoms with Crippen molar-refractivity contribution in [2.24, 2.45) is 5.92 Å². The summed E-state index contributed by atoms with van der Waals surface area (Å²) < 4.78 is 23.5. The second-order valence-corrected chi connectivity index (χ2v) is 9.92. The fraction of sp³-hybridized carbons (Fsp3) is 0.579. The molecule has 0 N–H and O–H groups in total. The summed E-state index contributed by atoms with van der Waals surface area (Å²) in [5.74, 6) is 0.0585. The number of carbonyl (C=O) groups is 2. The van der Waals surface area contributed by atoms with Gasteiger partial charge in [0.15, 0.2) is 9.84 Å². The van der Waals surface area contributed by atoms with Crippen molar-refractivity contribution >= 4 is 33.3 Å². The van der Waals surface area contributed by atoms with Gasteiger partial charge in [0.1, 0.15) is 0 Å². The van der Waals surface area contributed by atoms with Crippen LogP contribution in [0, 0.1) is 5.92 Å². The van der Waals surface area contributed by atoms with Crippen molar-refractivity contribution in [1.29, 1.82) is 0 Å². The van der Waals surface area contributed by atoms with Gasteiger partial charge in [0.25, 0.3) is 5.91 Å². The second-order valence-electron chi connectivity index (χ2n) is 7.25. The number of benzene rings is 1. The highest BCUT2D eigenvalue weighted by atomic mass is 35.5. The number of halogens is 1. The van der Waals surface area contributed by atoms with E-state index in [1.807, 2.05) is 6.92 Å². The summed E-state index contributed by atoms with van der Waals surface area (Å²) >= 11 is 5.87. The van der Waals surface area contributed by atoms with Gasteiger partial charge >= 0.3 is 0 Å². The maximum Gasteiger partial charge on any atom is 0.253 e. The third kappa shape index (κ3) is 4.63. The van der Waals surface area contributed by atoms with Gasteiger partial charge in [0.2, 0.25) is 5.91 Å². The minimum Gasteiger partial charge on any atom is -0.339 e. The summed E-state index contributed by atoms with van der Waals surface area (Å²) in [4.78, 5) is 29.0. The molecule has 6 nitrogen and oxygen atoms in total. The van der Waals surface area contributed by atoms with Crippen molar-refractivity contribution in [1.82, 2.24) is 9.80 Å². The number of sulfone groups is 1. The smallest absolute Gasteiger partial charge is 0.253 e. The Morgan fingerprint density at radius 3 is 2.30 bits per heavy atom. The first kappa shape index (κ1) is 20.1. The number of carbonyl (C=O) groups excluding carboxylic acids is 2. The van der Waals surface area contributed by atoms with E-state index in [1.165, 1.54) is 0 Å². The van der Waals surface area contributed by atoms with Gasteiger partial charge in [-0.15, -0.1) is 0 Å². The molecule has 0 radical (unpaired) electrons. The topological polar surface area (TPSA) is 74.8 Å². The fourth-order valence-electron chi connectivity index (χ4n) is 3.95. The normalized spacial score (nSPS) is 22.6. The Labute approximate surface area is 165 Å². The van der Waals surface area contributed by atoms with Gasteiger partial charge in [-0.05, 0) is 50.5 Å². The average Bonchev–Trinajstić information content (AvgIpc) is 3.02. The summed E-state index contributed by atoms with van der Waals surface area (Å²) in [5.41, 5.74) is 0.593. The van der Waals surface area contributed by atoms with E-state index in [0.29, 0.717) is 49.5 Å². The molecule has 0 saturated carbocycles. The van der Waals surface area contributed by atoms with E-state index >= 15 is 0 Å². The van der Waals surface area contributed by atoms with Crippen LogP contribution in [0.1, 0.15) is 36.5 Å². The predicted molar refractivity (Wildman–Crippen MR) is 105 cm³/mol. The largest absolute Gasteiger partial charge is 0.339 e. The van der Waals surface area contributed by atoms with E-state index in [-0.39, 0.29) is 35.3 Å². The third-order valence-electron chi connectivity index (χ3n) is 5.50. The number of hydrogen-bond acceptors (Lipinski definition) is 4. The molecule has 1 aromatic rings. The van der Waals surface area contributed by atoms with Gasteiger partial charge in [-0.2, -0.15) is 0 Å². The van der Waals surface area contributed by atoms with E-state index in [2.05, 4.69) is 0 Å². The lowest BCUT2D eigenvalue weighted by Crippen LogP contribution is -2.48. The highest BCUT2D eigenvalue weighted by Crippen LogP contribution is 2.25. The van der Waals surface area contributed by atoms with Crippen LogP contribution in [0.15, 0.2) is 24.3 Å². The molecule has 3 rings (SSSR count). The molecule has 148 valence electrons. The van der Waals surface area contributed by atoms with E-state index in [1.54, 1.807) is 34.1 Å². The molecule has 1 atom stereocenters. The van der Waals surface area contributed by atoms with Crippen molar-refractivity contribution in [3.05, 3.63) is 34.9 Å². The lowest BCUT2D eigenvalue weighted by Gasteiger charge is -2.36. The lowest BCUT2D eigenvalue weighted by atomic mass is 9.94. The number of likely N-dealkylation sites (tertiary alicyclic amines) is 1. The SMILES string of the molecule is CCN(C(=O)C1CCN(C(=O)c2ccc(Cl)cc2)CC1)[C@H]1CCS(=O)(=O)C1. The second kappa shape index (κ2) is 8.19. The zero-order chi connectivity index (χ0) is 19.6. The fourth-order valence-corrected chi connectivity index (χ4v) is 5.81. The molecule has 0 unspecified atom stereocenters. The quantitative estimate of drug-likeness (QED) is 0.760. The van der Waals surface area contributed by atoms with Crippen molar-refractivity contribution in [2.75, 3.05) is 31.1 Å². The van der Waals surface area contributed by atoms with Gasteiger partial charge in [-0.25, -0.2) is 8.42 Å². The molecule has 2 aliphatic rings. The lowest BCUT2D eigenvalue weighted by molar-refractivity contribution is -0.138. The van der Waals surface area contributed by atoms with Gasteiger partial charge in [-0.3, -0.25) is 9.59 Å². The maximum absolute atomic E-state index is 12.9. The first-order valence-electron chi connectivity index (χ1n) is 9.36. The van der Waals surface area contributed by atoms with Gasteiger partial charge in [0, 0.05) is 42.2 Å². The molecule has 2 saturated heterocycles. The highest BCUT2D eigenvalue weighted by molar-refractivity contribution is 7.91. The van der Waals surface area contributed by atoms with Crippen molar-refractivity contribution < 1.29 is 18.0 Å². The first-order valence-corrected chi connectivity index (χ1v) is 11.6. The molecule has 0 aliphatic carbocycles. The summed E-state index contributed by atoms with van der Waals surface area (Å²) in [7, 11) is -3.02. The molecule has 27 heavy (non-hydrogen) atoms. The van der Waals surface area contributed by atoms with Crippen LogP contribution in [0.5, 0.6) is 0 Å². The van der Waals surface area contributed by atoms with Gasteiger partial charge < -0.3 is 9.80 Å². The Morgan fingerprint density at radius 1 is 1.15 bits per heavy atom. The van der Waals surface area contributed by atoms with Crippen LogP contribution in [-0.4, -0.2) is 67.2 Å². The summed E-state index contributed by atoms with van der Waals surface area (Å²) in [6, 6.07) is 6.60. The van der Waals surface area contributed by atoms with Crippen molar-refractivity contribution in [3.63, 3.8) is 0 Å². The van der Waals surface area contributed by atoms with Crippen molar-refractivity contribution in [3.8, 4) is 0 Å². The van der Waals surface area contributed by atoms with E-state index in [0.717, 1.165) is 0 Å². The molecule has 1 aromatic carbocycles. The molecule has 8 heteroatoms. The van der Waals surface area contributed by atoms with Crippen LogP contribution in [0.2, 0.25) is 5.02 Å². The van der Waals surface area contributed by atoms with Gasteiger partial charge in [-0.1, -0.05) is 11.6 Å². The van der Waals surface area contributed by atoms with E-state index in [4.69, 9.17) is 11.6 Å². The van der Waals surface area contributed by atoms with E-state index in [9.17, 15) is 18.0 Å². The maximum atomic E-state index is 12.9. The molecular weight excluding hydrogens is 388 g/mol. The molecule has 0 spiro atoms. The number of piperidine rings is 1. The van der Waals surface area contributed by atoms with Crippen molar-refractivity contribution in [2.45, 2.75) is 32.2 Å². The minimum absolute atomic E-state index is 0.0261. The Balaban J connectivity index is 1.58. The Morgan fingerprint density at radius 2 is 1.78 bits per heavy atom. The number of nitrogens with zero attached hydrogens (tertiary/aromatic N) is 2. The molecule has 2 aliphatic heterocycles. The summed E-state index contributed by atoms with van der Waals surface area (Å²) in [5, 5.41) is 0.587. The van der Waals surface area contributed by atoms with Crippen LogP contribution in [-0.2, 0) is 14.6 Å². The van der Waals surface area contributed by atoms with Crippen LogP contribution in [0.4, 0.5) is 0 Å². The average molecular weight is 413 g/mol. The summed E-state index contributed by atoms with van der Waals surface area (Å²) in [6.07, 6.45) is 1.73. The molecule has 2 fully saturated rings. The number of rotatable bonds is 4. The van der Waals surface area contributed by atoms with Crippen LogP contribution >= 0.6 is 11.6 Å². The standard InChI is InChI=1S/C19H25ClN2O4S/c1-2-22(17-9-12-27(25,26)13-17)19(24)15-7-10-21(11-8-15)18(23)14-3-5-16(20)6-4-14/h3-6,15,17H,2,7-13H2,1H3/t17-/m0/s1.